The van der Waals surface area contributed by atoms with Crippen molar-refractivity contribution >= 4 is 5.91 Å². The van der Waals surface area contributed by atoms with Crippen molar-refractivity contribution in [2.75, 3.05) is 13.2 Å². The predicted octanol–water partition coefficient (Wildman–Crippen LogP) is 2.40. The van der Waals surface area contributed by atoms with Gasteiger partial charge in [-0.25, -0.2) is 0 Å². The minimum Gasteiger partial charge on any atom is -0.367 e. The Kier molecular flexibility index (Phi) is 9.63. The minimum atomic E-state index is -1.48. The van der Waals surface area contributed by atoms with E-state index in [0.29, 0.717) is 13.0 Å². The van der Waals surface area contributed by atoms with E-state index in [1.807, 2.05) is 0 Å². The van der Waals surface area contributed by atoms with Crippen molar-refractivity contribution in [3.8, 4) is 0 Å². The van der Waals surface area contributed by atoms with E-state index in [1.165, 1.54) is 49.8 Å². The number of carbonyl (C=O) groups excluding carboxylic acids is 1. The summed E-state index contributed by atoms with van der Waals surface area (Å²) in [5.41, 5.74) is 0. The molecule has 1 atom stereocenters. The largest absolute Gasteiger partial charge is 0.367 e. The number of nitrogens with zero attached hydrogens (tertiary/aromatic N) is 1. The van der Waals surface area contributed by atoms with Gasteiger partial charge < -0.3 is 19.8 Å². The summed E-state index contributed by atoms with van der Waals surface area (Å²) in [6, 6.07) is 0. The van der Waals surface area contributed by atoms with Crippen LogP contribution >= 0.6 is 0 Å². The molecule has 0 saturated carbocycles. The van der Waals surface area contributed by atoms with Crippen molar-refractivity contribution in [3.63, 3.8) is 0 Å². The highest BCUT2D eigenvalue weighted by atomic mass is 16.6. The van der Waals surface area contributed by atoms with Crippen LogP contribution in [0.4, 0.5) is 0 Å². The van der Waals surface area contributed by atoms with Gasteiger partial charge in [0.25, 0.3) is 0 Å². The zero-order valence-corrected chi connectivity index (χ0v) is 13.3. The molecule has 1 unspecified atom stereocenters. The molecule has 0 aromatic heterocycles. The highest BCUT2D eigenvalue weighted by Crippen LogP contribution is 2.18. The Hall–Kier alpha value is -0.650. The fraction of sp³-hybridized carbons (Fsp3) is 0.938. The Morgan fingerprint density at radius 3 is 2.10 bits per heavy atom. The number of carbonyl (C=O) groups is 1. The molecule has 1 fully saturated rings. The van der Waals surface area contributed by atoms with E-state index in [1.54, 1.807) is 0 Å². The maximum atomic E-state index is 12.0. The van der Waals surface area contributed by atoms with Gasteiger partial charge in [-0.1, -0.05) is 58.3 Å². The molecule has 0 aliphatic carbocycles. The molecule has 0 radical (unpaired) electrons. The van der Waals surface area contributed by atoms with Crippen LogP contribution in [0.5, 0.6) is 0 Å². The number of ether oxygens (including phenoxy) is 1. The fourth-order valence-corrected chi connectivity index (χ4v) is 2.51. The summed E-state index contributed by atoms with van der Waals surface area (Å²) in [5.74, 6) is -0.0338. The fourth-order valence-electron chi connectivity index (χ4n) is 2.51. The summed E-state index contributed by atoms with van der Waals surface area (Å²) in [6.07, 6.45) is 9.72. The molecule has 0 aromatic rings. The molecular weight excluding hydrogens is 270 g/mol. The van der Waals surface area contributed by atoms with Gasteiger partial charge in [-0.3, -0.25) is 4.79 Å². The molecule has 2 N–H and O–H groups in total. The van der Waals surface area contributed by atoms with Gasteiger partial charge in [0, 0.05) is 6.42 Å². The number of hydrogen-bond donors (Lipinski definition) is 2. The van der Waals surface area contributed by atoms with Gasteiger partial charge >= 0.3 is 0 Å². The normalized spacial score (nSPS) is 17.2. The molecule has 21 heavy (non-hydrogen) atoms. The molecule has 0 aromatic carbocycles. The first-order valence-corrected chi connectivity index (χ1v) is 8.42. The lowest BCUT2D eigenvalue weighted by molar-refractivity contribution is -0.141. The van der Waals surface area contributed by atoms with Crippen LogP contribution in [-0.2, 0) is 9.53 Å². The molecule has 1 heterocycles. The molecule has 0 bridgehead atoms. The number of hydrogen-bond acceptors (Lipinski definition) is 4. The predicted molar refractivity (Wildman–Crippen MR) is 81.5 cm³/mol. The third kappa shape index (κ3) is 9.06. The van der Waals surface area contributed by atoms with Crippen LogP contribution in [0.2, 0.25) is 0 Å². The van der Waals surface area contributed by atoms with Crippen molar-refractivity contribution in [1.82, 2.24) is 4.90 Å². The van der Waals surface area contributed by atoms with E-state index in [-0.39, 0.29) is 18.7 Å². The molecule has 1 rings (SSSR count). The van der Waals surface area contributed by atoms with Crippen LogP contribution in [0.15, 0.2) is 0 Å². The van der Waals surface area contributed by atoms with E-state index in [2.05, 4.69) is 6.92 Å². The summed E-state index contributed by atoms with van der Waals surface area (Å²) < 4.78 is 5.07. The first-order valence-electron chi connectivity index (χ1n) is 8.42. The summed E-state index contributed by atoms with van der Waals surface area (Å²) >= 11 is 0. The average Bonchev–Trinajstić information content (AvgIpc) is 3.27. The van der Waals surface area contributed by atoms with Gasteiger partial charge in [0.1, 0.15) is 0 Å². The second kappa shape index (κ2) is 11.0. The molecule has 124 valence electrons. The molecule has 5 heteroatoms. The third-order valence-electron chi connectivity index (χ3n) is 3.84. The zero-order valence-electron chi connectivity index (χ0n) is 13.3. The number of epoxide rings is 1. The maximum Gasteiger partial charge on any atom is 0.224 e. The van der Waals surface area contributed by atoms with Crippen molar-refractivity contribution in [3.05, 3.63) is 0 Å². The second-order valence-electron chi connectivity index (χ2n) is 5.89. The average molecular weight is 301 g/mol. The number of aliphatic hydroxyl groups excluding tert-OH is 1. The molecule has 1 aliphatic rings. The minimum absolute atomic E-state index is 0.0338. The monoisotopic (exact) mass is 301 g/mol. The van der Waals surface area contributed by atoms with Crippen molar-refractivity contribution < 1.29 is 19.7 Å². The van der Waals surface area contributed by atoms with Gasteiger partial charge in [-0.2, -0.15) is 0 Å². The summed E-state index contributed by atoms with van der Waals surface area (Å²) in [7, 11) is 0. The Bertz CT molecular complexity index is 279. The summed E-state index contributed by atoms with van der Waals surface area (Å²) in [6.45, 7) is 2.68. The quantitative estimate of drug-likeness (QED) is 0.311. The molecule has 1 aliphatic heterocycles. The second-order valence-corrected chi connectivity index (χ2v) is 5.89. The molecule has 5 nitrogen and oxygen atoms in total. The maximum absolute atomic E-state index is 12.0. The van der Waals surface area contributed by atoms with Crippen LogP contribution in [0.1, 0.15) is 71.1 Å². The summed E-state index contributed by atoms with van der Waals surface area (Å²) in [4.78, 5) is 13.4. The smallest absolute Gasteiger partial charge is 0.224 e. The van der Waals surface area contributed by atoms with Crippen LogP contribution in [0.3, 0.4) is 0 Å². The van der Waals surface area contributed by atoms with E-state index >= 15 is 0 Å². The van der Waals surface area contributed by atoms with E-state index in [9.17, 15) is 4.79 Å². The number of unbranched alkanes of at least 4 members (excludes halogenated alkanes) is 8. The molecule has 1 amide bonds. The lowest BCUT2D eigenvalue weighted by atomic mass is 10.1. The Balaban J connectivity index is 1.99. The standard InChI is InChI=1S/C16H31NO4/c1-2-3-4-5-6-7-8-9-10-11-14(18)17(12-16(19)20)15-13-21-15/h15-16,19-20H,2-13H2,1H3. The van der Waals surface area contributed by atoms with Gasteiger partial charge in [0.05, 0.1) is 13.2 Å². The Morgan fingerprint density at radius 1 is 1.10 bits per heavy atom. The van der Waals surface area contributed by atoms with Gasteiger partial charge in [0.15, 0.2) is 12.5 Å². The van der Waals surface area contributed by atoms with Crippen LogP contribution in [0.25, 0.3) is 0 Å². The number of aliphatic hydroxyl groups is 2. The SMILES string of the molecule is CCCCCCCCCCCC(=O)N(CC(O)O)C1CO1. The van der Waals surface area contributed by atoms with Crippen LogP contribution in [-0.4, -0.2) is 46.7 Å². The Morgan fingerprint density at radius 2 is 1.62 bits per heavy atom. The molecule has 0 spiro atoms. The van der Waals surface area contributed by atoms with Gasteiger partial charge in [-0.05, 0) is 6.42 Å². The highest BCUT2D eigenvalue weighted by molar-refractivity contribution is 5.76. The Labute approximate surface area is 128 Å². The summed E-state index contributed by atoms with van der Waals surface area (Å²) in [5, 5.41) is 18.0. The van der Waals surface area contributed by atoms with E-state index < -0.39 is 6.29 Å². The zero-order chi connectivity index (χ0) is 15.5. The van der Waals surface area contributed by atoms with E-state index in [4.69, 9.17) is 14.9 Å². The van der Waals surface area contributed by atoms with E-state index in [0.717, 1.165) is 12.8 Å². The van der Waals surface area contributed by atoms with Crippen LogP contribution < -0.4 is 0 Å². The van der Waals surface area contributed by atoms with Gasteiger partial charge in [-0.15, -0.1) is 0 Å². The van der Waals surface area contributed by atoms with Crippen molar-refractivity contribution in [2.24, 2.45) is 0 Å². The van der Waals surface area contributed by atoms with Gasteiger partial charge in [0.2, 0.25) is 5.91 Å². The van der Waals surface area contributed by atoms with Crippen molar-refractivity contribution in [2.45, 2.75) is 83.6 Å². The lowest BCUT2D eigenvalue weighted by Gasteiger charge is -2.21. The molecule has 1 saturated heterocycles. The topological polar surface area (TPSA) is 73.3 Å². The molecular formula is C16H31NO4. The number of amides is 1. The first kappa shape index (κ1) is 18.4. The number of rotatable bonds is 13. The lowest BCUT2D eigenvalue weighted by Crippen LogP contribution is -2.39. The van der Waals surface area contributed by atoms with Crippen LogP contribution in [0, 0.1) is 0 Å². The first-order chi connectivity index (χ1) is 10.1. The third-order valence-corrected chi connectivity index (χ3v) is 3.84. The van der Waals surface area contributed by atoms with Crippen molar-refractivity contribution in [1.29, 1.82) is 0 Å². The highest BCUT2D eigenvalue weighted by Gasteiger charge is 2.34.